The molecule has 0 aliphatic carbocycles. The van der Waals surface area contributed by atoms with Crippen LogP contribution in [0, 0.1) is 0 Å². The van der Waals surface area contributed by atoms with Gasteiger partial charge in [-0.3, -0.25) is 4.79 Å². The van der Waals surface area contributed by atoms with E-state index in [4.69, 9.17) is 5.11 Å². The van der Waals surface area contributed by atoms with Crippen LogP contribution < -0.4 is 0 Å². The largest absolute Gasteiger partial charge is 0.505 e. The monoisotopic (exact) mass is 324 g/mol. The number of aromatic hydroxyl groups is 1. The highest BCUT2D eigenvalue weighted by atomic mass is 16.4. The van der Waals surface area contributed by atoms with E-state index in [1.165, 1.54) is 0 Å². The Morgan fingerprint density at radius 3 is 2.54 bits per heavy atom. The van der Waals surface area contributed by atoms with Crippen LogP contribution in [-0.4, -0.2) is 26.0 Å². The van der Waals surface area contributed by atoms with Crippen molar-refractivity contribution in [2.45, 2.75) is 32.6 Å². The van der Waals surface area contributed by atoms with Gasteiger partial charge in [0.25, 0.3) is 0 Å². The van der Waals surface area contributed by atoms with Crippen LogP contribution in [0.1, 0.15) is 31.9 Å². The maximum absolute atomic E-state index is 11.1. The third-order valence-corrected chi connectivity index (χ3v) is 3.97. The van der Waals surface area contributed by atoms with E-state index < -0.39 is 5.97 Å². The number of nitrogens with zero attached hydrogens (tertiary/aromatic N) is 2. The zero-order chi connectivity index (χ0) is 17.5. The number of hydrogen-bond acceptors (Lipinski definition) is 3. The molecule has 1 aromatic heterocycles. The van der Waals surface area contributed by atoms with Crippen molar-refractivity contribution in [1.29, 1.82) is 0 Å². The number of aromatic nitrogens is 2. The van der Waals surface area contributed by atoms with Crippen LogP contribution >= 0.6 is 0 Å². The summed E-state index contributed by atoms with van der Waals surface area (Å²) in [6, 6.07) is 11.1. The minimum atomic E-state index is -0.905. The Morgan fingerprint density at radius 2 is 1.92 bits per heavy atom. The molecule has 5 nitrogen and oxygen atoms in total. The number of benzene rings is 2. The molecule has 1 heterocycles. The van der Waals surface area contributed by atoms with Crippen LogP contribution in [0.2, 0.25) is 0 Å². The van der Waals surface area contributed by atoms with Crippen LogP contribution in [0.25, 0.3) is 16.6 Å². The van der Waals surface area contributed by atoms with Gasteiger partial charge >= 0.3 is 5.97 Å². The molecule has 0 aliphatic rings. The molecule has 2 N–H and O–H groups in total. The van der Waals surface area contributed by atoms with Crippen molar-refractivity contribution in [2.24, 2.45) is 0 Å². The van der Waals surface area contributed by atoms with Crippen LogP contribution in [0.4, 0.5) is 0 Å². The fraction of sp³-hybridized carbons (Fsp3) is 0.263. The lowest BCUT2D eigenvalue weighted by molar-refractivity contribution is -0.136. The highest BCUT2D eigenvalue weighted by molar-refractivity contribution is 5.79. The summed E-state index contributed by atoms with van der Waals surface area (Å²) in [5.74, 6) is -0.776. The summed E-state index contributed by atoms with van der Waals surface area (Å²) in [4.78, 5) is 11.1. The molecule has 0 aliphatic heterocycles. The van der Waals surface area contributed by atoms with Gasteiger partial charge in [-0.05, 0) is 23.1 Å². The Labute approximate surface area is 140 Å². The van der Waals surface area contributed by atoms with E-state index in [-0.39, 0.29) is 17.6 Å². The SMILES string of the molecule is CC(C)(C)c1cc(CC(=O)O)cc(-n2cc3ccccc3n2)c1O. The van der Waals surface area contributed by atoms with Gasteiger partial charge in [0.15, 0.2) is 0 Å². The zero-order valence-electron chi connectivity index (χ0n) is 13.9. The summed E-state index contributed by atoms with van der Waals surface area (Å²) in [6.07, 6.45) is 1.73. The van der Waals surface area contributed by atoms with Crippen LogP contribution in [-0.2, 0) is 16.6 Å². The Hall–Kier alpha value is -2.82. The minimum Gasteiger partial charge on any atom is -0.505 e. The number of hydrogen-bond donors (Lipinski definition) is 2. The number of carboxylic acid groups (broad SMARTS) is 1. The van der Waals surface area contributed by atoms with Gasteiger partial charge in [0.1, 0.15) is 11.4 Å². The Kier molecular flexibility index (Phi) is 3.79. The first-order chi connectivity index (χ1) is 11.3. The van der Waals surface area contributed by atoms with Gasteiger partial charge in [-0.25, -0.2) is 4.68 Å². The standard InChI is InChI=1S/C19H20N2O3/c1-19(2,3)14-8-12(10-17(22)23)9-16(18(14)24)21-11-13-6-4-5-7-15(13)20-21/h4-9,11,24H,10H2,1-3H3,(H,22,23). The van der Waals surface area contributed by atoms with Crippen molar-refractivity contribution >= 4 is 16.9 Å². The lowest BCUT2D eigenvalue weighted by Crippen LogP contribution is -2.14. The van der Waals surface area contributed by atoms with Crippen molar-refractivity contribution in [1.82, 2.24) is 9.78 Å². The van der Waals surface area contributed by atoms with Crippen molar-refractivity contribution in [3.8, 4) is 11.4 Å². The number of phenolic OH excluding ortho intramolecular Hbond substituents is 1. The molecule has 24 heavy (non-hydrogen) atoms. The molecule has 0 amide bonds. The Balaban J connectivity index is 2.23. The predicted octanol–water partition coefficient (Wildman–Crippen LogP) is 3.66. The van der Waals surface area contributed by atoms with E-state index in [2.05, 4.69) is 5.10 Å². The first-order valence-corrected chi connectivity index (χ1v) is 7.78. The summed E-state index contributed by atoms with van der Waals surface area (Å²) in [6.45, 7) is 5.95. The smallest absolute Gasteiger partial charge is 0.307 e. The molecule has 0 spiro atoms. The van der Waals surface area contributed by atoms with Gasteiger partial charge in [-0.15, -0.1) is 0 Å². The molecule has 0 fully saturated rings. The van der Waals surface area contributed by atoms with Gasteiger partial charge in [-0.2, -0.15) is 5.10 Å². The summed E-state index contributed by atoms with van der Waals surface area (Å²) >= 11 is 0. The van der Waals surface area contributed by atoms with E-state index in [0.29, 0.717) is 16.8 Å². The average Bonchev–Trinajstić information content (AvgIpc) is 2.90. The number of aliphatic carboxylic acids is 1. The molecule has 0 radical (unpaired) electrons. The topological polar surface area (TPSA) is 75.3 Å². The quantitative estimate of drug-likeness (QED) is 0.771. The van der Waals surface area contributed by atoms with E-state index in [1.807, 2.05) is 51.2 Å². The van der Waals surface area contributed by atoms with Gasteiger partial charge in [0.2, 0.25) is 0 Å². The molecule has 0 saturated carbocycles. The summed E-state index contributed by atoms with van der Waals surface area (Å²) in [5, 5.41) is 25.3. The van der Waals surface area contributed by atoms with Gasteiger partial charge in [0.05, 0.1) is 11.9 Å². The molecule has 0 unspecified atom stereocenters. The molecule has 3 aromatic rings. The van der Waals surface area contributed by atoms with Crippen molar-refractivity contribution in [3.05, 3.63) is 53.7 Å². The van der Waals surface area contributed by atoms with Crippen LogP contribution in [0.3, 0.4) is 0 Å². The molecule has 2 aromatic carbocycles. The second-order valence-corrected chi connectivity index (χ2v) is 6.96. The first kappa shape index (κ1) is 16.1. The van der Waals surface area contributed by atoms with Crippen molar-refractivity contribution in [2.75, 3.05) is 0 Å². The molecular formula is C19H20N2O3. The number of carbonyl (C=O) groups is 1. The molecule has 0 bridgehead atoms. The Morgan fingerprint density at radius 1 is 1.21 bits per heavy atom. The van der Waals surface area contributed by atoms with E-state index in [9.17, 15) is 9.90 Å². The van der Waals surface area contributed by atoms with Crippen LogP contribution in [0.15, 0.2) is 42.6 Å². The summed E-state index contributed by atoms with van der Waals surface area (Å²) in [7, 11) is 0. The minimum absolute atomic E-state index is 0.100. The third-order valence-electron chi connectivity index (χ3n) is 3.97. The second-order valence-electron chi connectivity index (χ2n) is 6.96. The van der Waals surface area contributed by atoms with Gasteiger partial charge in [-0.1, -0.05) is 45.0 Å². The van der Waals surface area contributed by atoms with E-state index >= 15 is 0 Å². The fourth-order valence-corrected chi connectivity index (χ4v) is 2.79. The normalized spacial score (nSPS) is 11.8. The molecule has 124 valence electrons. The molecule has 3 rings (SSSR count). The maximum Gasteiger partial charge on any atom is 0.307 e. The number of rotatable bonds is 3. The van der Waals surface area contributed by atoms with E-state index in [0.717, 1.165) is 10.9 Å². The summed E-state index contributed by atoms with van der Waals surface area (Å²) in [5.41, 5.74) is 2.34. The third kappa shape index (κ3) is 2.97. The highest BCUT2D eigenvalue weighted by Crippen LogP contribution is 2.36. The molecule has 5 heteroatoms. The maximum atomic E-state index is 11.1. The number of fused-ring (bicyclic) bond motifs is 1. The Bertz CT molecular complexity index is 887. The lowest BCUT2D eigenvalue weighted by atomic mass is 9.84. The fourth-order valence-electron chi connectivity index (χ4n) is 2.79. The van der Waals surface area contributed by atoms with Crippen molar-refractivity contribution in [3.63, 3.8) is 0 Å². The summed E-state index contributed by atoms with van der Waals surface area (Å²) < 4.78 is 1.61. The predicted molar refractivity (Wildman–Crippen MR) is 92.8 cm³/mol. The lowest BCUT2D eigenvalue weighted by Gasteiger charge is -2.23. The van der Waals surface area contributed by atoms with Gasteiger partial charge < -0.3 is 10.2 Å². The van der Waals surface area contributed by atoms with Gasteiger partial charge in [0, 0.05) is 17.1 Å². The molecular weight excluding hydrogens is 304 g/mol. The van der Waals surface area contributed by atoms with Crippen molar-refractivity contribution < 1.29 is 15.0 Å². The zero-order valence-corrected chi connectivity index (χ0v) is 13.9. The number of phenols is 1. The number of carboxylic acids is 1. The first-order valence-electron chi connectivity index (χ1n) is 7.78. The average molecular weight is 324 g/mol. The highest BCUT2D eigenvalue weighted by Gasteiger charge is 2.23. The van der Waals surface area contributed by atoms with E-state index in [1.54, 1.807) is 16.8 Å². The molecule has 0 saturated heterocycles. The second kappa shape index (κ2) is 5.67. The molecule has 0 atom stereocenters. The van der Waals surface area contributed by atoms with Crippen LogP contribution in [0.5, 0.6) is 5.75 Å².